The first-order valence-corrected chi connectivity index (χ1v) is 14.6. The van der Waals surface area contributed by atoms with Gasteiger partial charge in [0.2, 0.25) is 0 Å². The summed E-state index contributed by atoms with van der Waals surface area (Å²) in [6.07, 6.45) is 8.24. The number of carbonyl (C=O) groups is 3. The van der Waals surface area contributed by atoms with Gasteiger partial charge in [-0.3, -0.25) is 4.79 Å². The fourth-order valence-corrected chi connectivity index (χ4v) is 5.66. The number of hydrogen-bond donors (Lipinski definition) is 1. The van der Waals surface area contributed by atoms with Crippen LogP contribution in [0.15, 0.2) is 71.2 Å². The van der Waals surface area contributed by atoms with Gasteiger partial charge in [0.1, 0.15) is 17.8 Å². The van der Waals surface area contributed by atoms with E-state index >= 15 is 0 Å². The number of ether oxygens (including phenoxy) is 2. The number of carbonyl (C=O) groups excluding carboxylic acids is 3. The Labute approximate surface area is 245 Å². The van der Waals surface area contributed by atoms with Crippen molar-refractivity contribution in [1.29, 1.82) is 0 Å². The van der Waals surface area contributed by atoms with E-state index in [0.29, 0.717) is 22.4 Å². The number of hydrogen-bond acceptors (Lipinski definition) is 7. The molecule has 3 aromatic carbocycles. The smallest absolute Gasteiger partial charge is 0.340 e. The Bertz CT molecular complexity index is 1610. The predicted octanol–water partition coefficient (Wildman–Crippen LogP) is 7.72. The number of esters is 2. The van der Waals surface area contributed by atoms with Crippen LogP contribution in [0.25, 0.3) is 28.0 Å². The van der Waals surface area contributed by atoms with Crippen molar-refractivity contribution < 1.29 is 28.3 Å². The molecule has 1 aliphatic carbocycles. The summed E-state index contributed by atoms with van der Waals surface area (Å²) in [7, 11) is 1.34. The van der Waals surface area contributed by atoms with E-state index in [-0.39, 0.29) is 24.2 Å². The van der Waals surface area contributed by atoms with E-state index in [1.807, 2.05) is 68.4 Å². The molecule has 1 fully saturated rings. The summed E-state index contributed by atoms with van der Waals surface area (Å²) in [4.78, 5) is 38.7. The molecule has 1 aliphatic rings. The van der Waals surface area contributed by atoms with Crippen LogP contribution in [0.5, 0.6) is 0 Å². The molecule has 7 nitrogen and oxygen atoms in total. The Kier molecular flexibility index (Phi) is 9.06. The Morgan fingerprint density at radius 2 is 1.69 bits per heavy atom. The lowest BCUT2D eigenvalue weighted by Crippen LogP contribution is -2.39. The molecule has 1 atom stereocenters. The number of fused-ring (bicyclic) bond motifs is 3. The SMILES string of the molecule is COC(=O)c1cc2oc3ccc(C=CC(=O)OCc4ccccc4)cc3c2cc1NC(C(=O)C1CCCCC1)C(C)C. The normalized spacial score (nSPS) is 14.9. The number of benzene rings is 3. The Morgan fingerprint density at radius 1 is 0.952 bits per heavy atom. The molecule has 0 saturated heterocycles. The standard InChI is InChI=1S/C35H37NO6/c1-22(2)33(34(38)25-12-8-5-9-13-25)36-29-19-27-26-18-23(15-17-32(37)41-21-24-10-6-4-7-11-24)14-16-30(26)42-31(27)20-28(29)35(39)40-3/h4,6-7,10-11,14-20,22,25,33,36H,5,8-9,12-13,21H2,1-3H3. The number of Topliss-reactive ketones (excluding diaryl/α,β-unsaturated/α-hetero) is 1. The maximum absolute atomic E-state index is 13.6. The molecule has 0 aliphatic heterocycles. The molecule has 1 aromatic heterocycles. The monoisotopic (exact) mass is 567 g/mol. The molecule has 0 amide bonds. The third-order valence-corrected chi connectivity index (χ3v) is 7.97. The van der Waals surface area contributed by atoms with Crippen molar-refractivity contribution in [2.45, 2.75) is 58.6 Å². The molecule has 218 valence electrons. The lowest BCUT2D eigenvalue weighted by atomic mass is 9.81. The van der Waals surface area contributed by atoms with Gasteiger partial charge in [-0.25, -0.2) is 9.59 Å². The lowest BCUT2D eigenvalue weighted by Gasteiger charge is -2.29. The second-order valence-electron chi connectivity index (χ2n) is 11.3. The highest BCUT2D eigenvalue weighted by Gasteiger charge is 2.31. The third kappa shape index (κ3) is 6.56. The first kappa shape index (κ1) is 29.1. The number of methoxy groups -OCH3 is 1. The Morgan fingerprint density at radius 3 is 2.40 bits per heavy atom. The van der Waals surface area contributed by atoms with E-state index in [1.54, 1.807) is 12.1 Å². The maximum atomic E-state index is 13.6. The maximum Gasteiger partial charge on any atom is 0.340 e. The van der Waals surface area contributed by atoms with Crippen LogP contribution in [-0.4, -0.2) is 30.9 Å². The molecule has 42 heavy (non-hydrogen) atoms. The van der Waals surface area contributed by atoms with E-state index in [0.717, 1.165) is 47.6 Å². The summed E-state index contributed by atoms with van der Waals surface area (Å²) in [6.45, 7) is 4.24. The van der Waals surface area contributed by atoms with E-state index < -0.39 is 18.0 Å². The minimum atomic E-state index is -0.509. The Balaban J connectivity index is 1.44. The highest BCUT2D eigenvalue weighted by molar-refractivity contribution is 6.10. The second kappa shape index (κ2) is 13.1. The molecule has 1 saturated carbocycles. The van der Waals surface area contributed by atoms with Gasteiger partial charge in [0.05, 0.1) is 24.4 Å². The average Bonchev–Trinajstić information content (AvgIpc) is 3.38. The number of ketones is 1. The van der Waals surface area contributed by atoms with Crippen molar-refractivity contribution in [3.05, 3.63) is 83.4 Å². The molecule has 7 heteroatoms. The van der Waals surface area contributed by atoms with E-state index in [2.05, 4.69) is 5.32 Å². The van der Waals surface area contributed by atoms with Gasteiger partial charge in [0.25, 0.3) is 0 Å². The third-order valence-electron chi connectivity index (χ3n) is 7.97. The first-order valence-electron chi connectivity index (χ1n) is 14.6. The zero-order chi connectivity index (χ0) is 29.6. The van der Waals surface area contributed by atoms with Gasteiger partial charge >= 0.3 is 11.9 Å². The van der Waals surface area contributed by atoms with Crippen molar-refractivity contribution in [2.75, 3.05) is 12.4 Å². The van der Waals surface area contributed by atoms with Crippen LogP contribution < -0.4 is 5.32 Å². The second-order valence-corrected chi connectivity index (χ2v) is 11.3. The quantitative estimate of drug-likeness (QED) is 0.155. The summed E-state index contributed by atoms with van der Waals surface area (Å²) < 4.78 is 16.5. The van der Waals surface area contributed by atoms with Crippen LogP contribution >= 0.6 is 0 Å². The average molecular weight is 568 g/mol. The van der Waals surface area contributed by atoms with Crippen LogP contribution in [-0.2, 0) is 25.7 Å². The van der Waals surface area contributed by atoms with Crippen LogP contribution in [0.4, 0.5) is 5.69 Å². The molecule has 1 heterocycles. The van der Waals surface area contributed by atoms with Gasteiger partial charge in [-0.05, 0) is 60.2 Å². The predicted molar refractivity (Wildman–Crippen MR) is 164 cm³/mol. The highest BCUT2D eigenvalue weighted by atomic mass is 16.5. The van der Waals surface area contributed by atoms with Gasteiger partial charge < -0.3 is 19.2 Å². The minimum absolute atomic E-state index is 0.0279. The van der Waals surface area contributed by atoms with Gasteiger partial charge in [-0.15, -0.1) is 0 Å². The molecular weight excluding hydrogens is 530 g/mol. The number of furan rings is 1. The van der Waals surface area contributed by atoms with E-state index in [1.165, 1.54) is 19.6 Å². The molecule has 4 aromatic rings. The molecule has 0 radical (unpaired) electrons. The molecular formula is C35H37NO6. The highest BCUT2D eigenvalue weighted by Crippen LogP contribution is 2.35. The van der Waals surface area contributed by atoms with Crippen LogP contribution in [0.2, 0.25) is 0 Å². The lowest BCUT2D eigenvalue weighted by molar-refractivity contribution is -0.138. The number of rotatable bonds is 10. The summed E-state index contributed by atoms with van der Waals surface area (Å²) in [6, 6.07) is 18.2. The topological polar surface area (TPSA) is 94.8 Å². The van der Waals surface area contributed by atoms with Crippen LogP contribution in [0, 0.1) is 11.8 Å². The van der Waals surface area contributed by atoms with Gasteiger partial charge in [-0.2, -0.15) is 0 Å². The van der Waals surface area contributed by atoms with Crippen molar-refractivity contribution >= 4 is 51.4 Å². The summed E-state index contributed by atoms with van der Waals surface area (Å²) in [5, 5.41) is 5.03. The van der Waals surface area contributed by atoms with Crippen molar-refractivity contribution in [3.63, 3.8) is 0 Å². The van der Waals surface area contributed by atoms with Gasteiger partial charge in [0, 0.05) is 22.8 Å². The fraction of sp³-hybridized carbons (Fsp3) is 0.343. The van der Waals surface area contributed by atoms with Crippen LogP contribution in [0.3, 0.4) is 0 Å². The van der Waals surface area contributed by atoms with Crippen LogP contribution in [0.1, 0.15) is 67.4 Å². The first-order chi connectivity index (χ1) is 20.3. The summed E-state index contributed by atoms with van der Waals surface area (Å²) >= 11 is 0. The zero-order valence-electron chi connectivity index (χ0n) is 24.4. The van der Waals surface area contributed by atoms with Crippen molar-refractivity contribution in [1.82, 2.24) is 0 Å². The molecule has 0 bridgehead atoms. The van der Waals surface area contributed by atoms with Gasteiger partial charge in [0.15, 0.2) is 5.78 Å². The fourth-order valence-electron chi connectivity index (χ4n) is 5.66. The summed E-state index contributed by atoms with van der Waals surface area (Å²) in [5.41, 5.74) is 3.72. The molecule has 1 unspecified atom stereocenters. The van der Waals surface area contributed by atoms with E-state index in [4.69, 9.17) is 13.9 Å². The van der Waals surface area contributed by atoms with E-state index in [9.17, 15) is 14.4 Å². The van der Waals surface area contributed by atoms with Crippen molar-refractivity contribution in [2.24, 2.45) is 11.8 Å². The molecule has 1 N–H and O–H groups in total. The number of anilines is 1. The summed E-state index contributed by atoms with van der Waals surface area (Å²) in [5.74, 6) is -0.686. The molecule has 5 rings (SSSR count). The molecule has 0 spiro atoms. The van der Waals surface area contributed by atoms with Gasteiger partial charge in [-0.1, -0.05) is 69.5 Å². The minimum Gasteiger partial charge on any atom is -0.465 e. The zero-order valence-corrected chi connectivity index (χ0v) is 24.4. The largest absolute Gasteiger partial charge is 0.465 e. The Hall–Kier alpha value is -4.39. The number of nitrogens with one attached hydrogen (secondary N) is 1. The van der Waals surface area contributed by atoms with Crippen molar-refractivity contribution in [3.8, 4) is 0 Å².